The van der Waals surface area contributed by atoms with Crippen LogP contribution in [0.15, 0.2) is 34.8 Å². The average molecular weight is 353 g/mol. The van der Waals surface area contributed by atoms with Crippen LogP contribution in [-0.4, -0.2) is 6.61 Å². The molecule has 0 amide bonds. The molecule has 0 saturated heterocycles. The Bertz CT molecular complexity index is 646. The third kappa shape index (κ3) is 3.88. The van der Waals surface area contributed by atoms with Crippen LogP contribution in [-0.2, 0) is 0 Å². The lowest BCUT2D eigenvalue weighted by Crippen LogP contribution is -2.02. The smallest absolute Gasteiger partial charge is 0.167 e. The van der Waals surface area contributed by atoms with Gasteiger partial charge in [-0.05, 0) is 47.0 Å². The molecular weight excluding hydrogens is 335 g/mol. The molecule has 2 aromatic carbocycles. The topological polar surface area (TPSA) is 47.3 Å². The second kappa shape index (κ2) is 6.80. The minimum atomic E-state index is -0.449. The maximum atomic E-state index is 13.8. The van der Waals surface area contributed by atoms with Crippen LogP contribution in [0.5, 0.6) is 5.75 Å². The zero-order valence-electron chi connectivity index (χ0n) is 12.0. The summed E-state index contributed by atoms with van der Waals surface area (Å²) < 4.78 is 20.1. The Morgan fingerprint density at radius 3 is 2.71 bits per heavy atom. The van der Waals surface area contributed by atoms with Crippen molar-refractivity contribution in [3.8, 4) is 5.75 Å². The molecule has 21 heavy (non-hydrogen) atoms. The van der Waals surface area contributed by atoms with Crippen molar-refractivity contribution >= 4 is 33.0 Å². The predicted octanol–water partition coefficient (Wildman–Crippen LogP) is 5.01. The molecule has 0 aliphatic heterocycles. The molecule has 2 rings (SSSR count). The van der Waals surface area contributed by atoms with Crippen molar-refractivity contribution in [2.75, 3.05) is 17.7 Å². The number of anilines is 3. The predicted molar refractivity (Wildman–Crippen MR) is 88.8 cm³/mol. The molecule has 2 aromatic rings. The highest BCUT2D eigenvalue weighted by atomic mass is 79.9. The Balaban J connectivity index is 2.32. The largest absolute Gasteiger partial charge is 0.490 e. The Kier molecular flexibility index (Phi) is 5.07. The fraction of sp³-hybridized carbons (Fsp3) is 0.250. The van der Waals surface area contributed by atoms with Crippen LogP contribution in [0.2, 0.25) is 0 Å². The van der Waals surface area contributed by atoms with Gasteiger partial charge in [0.15, 0.2) is 11.6 Å². The number of nitrogens with two attached hydrogens (primary N) is 1. The van der Waals surface area contributed by atoms with Gasteiger partial charge in [-0.3, -0.25) is 0 Å². The maximum absolute atomic E-state index is 13.8. The van der Waals surface area contributed by atoms with Crippen LogP contribution < -0.4 is 15.8 Å². The second-order valence-electron chi connectivity index (χ2n) is 4.83. The highest BCUT2D eigenvalue weighted by Crippen LogP contribution is 2.33. The first-order valence-electron chi connectivity index (χ1n) is 6.76. The molecule has 0 aliphatic carbocycles. The molecule has 3 nitrogen and oxygen atoms in total. The quantitative estimate of drug-likeness (QED) is 0.743. The van der Waals surface area contributed by atoms with E-state index in [0.29, 0.717) is 18.0 Å². The van der Waals surface area contributed by atoms with E-state index in [1.807, 2.05) is 32.0 Å². The first-order chi connectivity index (χ1) is 10.0. The van der Waals surface area contributed by atoms with E-state index in [1.54, 1.807) is 6.07 Å². The van der Waals surface area contributed by atoms with E-state index in [1.165, 1.54) is 6.07 Å². The van der Waals surface area contributed by atoms with Crippen LogP contribution >= 0.6 is 15.9 Å². The number of nitrogen functional groups attached to an aromatic ring is 1. The molecule has 0 atom stereocenters. The number of hydrogen-bond acceptors (Lipinski definition) is 3. The SMILES string of the molecule is CCCOc1cc(Nc2cc(C)ccc2Br)c(N)cc1F. The van der Waals surface area contributed by atoms with E-state index in [-0.39, 0.29) is 5.75 Å². The van der Waals surface area contributed by atoms with Crippen LogP contribution in [0.1, 0.15) is 18.9 Å². The van der Waals surface area contributed by atoms with E-state index in [2.05, 4.69) is 21.2 Å². The summed E-state index contributed by atoms with van der Waals surface area (Å²) in [5, 5.41) is 3.21. The lowest BCUT2D eigenvalue weighted by Gasteiger charge is -2.14. The highest BCUT2D eigenvalue weighted by Gasteiger charge is 2.10. The Morgan fingerprint density at radius 1 is 1.24 bits per heavy atom. The number of rotatable bonds is 5. The summed E-state index contributed by atoms with van der Waals surface area (Å²) >= 11 is 3.48. The third-order valence-electron chi connectivity index (χ3n) is 2.96. The zero-order chi connectivity index (χ0) is 15.4. The van der Waals surface area contributed by atoms with Crippen molar-refractivity contribution in [1.82, 2.24) is 0 Å². The minimum absolute atomic E-state index is 0.206. The van der Waals surface area contributed by atoms with E-state index < -0.39 is 5.82 Å². The van der Waals surface area contributed by atoms with Crippen LogP contribution in [0, 0.1) is 12.7 Å². The molecule has 0 heterocycles. The number of aryl methyl sites for hydroxylation is 1. The van der Waals surface area contributed by atoms with Gasteiger partial charge in [0.1, 0.15) is 0 Å². The van der Waals surface area contributed by atoms with E-state index in [0.717, 1.165) is 22.1 Å². The van der Waals surface area contributed by atoms with Crippen LogP contribution in [0.25, 0.3) is 0 Å². The molecule has 3 N–H and O–H groups in total. The molecule has 5 heteroatoms. The molecule has 0 saturated carbocycles. The van der Waals surface area contributed by atoms with Gasteiger partial charge in [0, 0.05) is 16.6 Å². The van der Waals surface area contributed by atoms with Gasteiger partial charge in [-0.2, -0.15) is 0 Å². The molecule has 0 aliphatic rings. The van der Waals surface area contributed by atoms with Gasteiger partial charge in [-0.1, -0.05) is 13.0 Å². The van der Waals surface area contributed by atoms with E-state index in [4.69, 9.17) is 10.5 Å². The summed E-state index contributed by atoms with van der Waals surface area (Å²) in [7, 11) is 0. The second-order valence-corrected chi connectivity index (χ2v) is 5.68. The van der Waals surface area contributed by atoms with Gasteiger partial charge >= 0.3 is 0 Å². The number of hydrogen-bond donors (Lipinski definition) is 2. The molecule has 0 aromatic heterocycles. The minimum Gasteiger partial charge on any atom is -0.490 e. The molecule has 0 fully saturated rings. The fourth-order valence-corrected chi connectivity index (χ4v) is 2.23. The molecule has 0 spiro atoms. The van der Waals surface area contributed by atoms with Crippen molar-refractivity contribution in [3.63, 3.8) is 0 Å². The molecule has 0 radical (unpaired) electrons. The number of ether oxygens (including phenoxy) is 1. The first-order valence-corrected chi connectivity index (χ1v) is 7.55. The third-order valence-corrected chi connectivity index (χ3v) is 3.65. The number of halogens is 2. The van der Waals surface area contributed by atoms with Gasteiger partial charge < -0.3 is 15.8 Å². The van der Waals surface area contributed by atoms with Crippen LogP contribution in [0.3, 0.4) is 0 Å². The van der Waals surface area contributed by atoms with Crippen molar-refractivity contribution in [2.24, 2.45) is 0 Å². The zero-order valence-corrected chi connectivity index (χ0v) is 13.6. The molecule has 0 bridgehead atoms. The first kappa shape index (κ1) is 15.6. The lowest BCUT2D eigenvalue weighted by atomic mass is 10.2. The summed E-state index contributed by atoms with van der Waals surface area (Å²) in [6.07, 6.45) is 0.815. The monoisotopic (exact) mass is 352 g/mol. The number of benzene rings is 2. The van der Waals surface area contributed by atoms with Gasteiger partial charge in [-0.25, -0.2) is 4.39 Å². The summed E-state index contributed by atoms with van der Waals surface area (Å²) in [4.78, 5) is 0. The Morgan fingerprint density at radius 2 is 2.00 bits per heavy atom. The van der Waals surface area contributed by atoms with Gasteiger partial charge in [0.05, 0.1) is 23.7 Å². The molecule has 0 unspecified atom stereocenters. The van der Waals surface area contributed by atoms with E-state index >= 15 is 0 Å². The fourth-order valence-electron chi connectivity index (χ4n) is 1.88. The summed E-state index contributed by atoms with van der Waals surface area (Å²) in [5.41, 5.74) is 8.82. The Hall–Kier alpha value is -1.75. The Labute approximate surface area is 132 Å². The van der Waals surface area contributed by atoms with Crippen molar-refractivity contribution in [2.45, 2.75) is 20.3 Å². The van der Waals surface area contributed by atoms with Gasteiger partial charge in [0.25, 0.3) is 0 Å². The molecular formula is C16H18BrFN2O. The van der Waals surface area contributed by atoms with Gasteiger partial charge in [0.2, 0.25) is 0 Å². The van der Waals surface area contributed by atoms with Crippen molar-refractivity contribution in [3.05, 3.63) is 46.2 Å². The summed E-state index contributed by atoms with van der Waals surface area (Å²) in [5.74, 6) is -0.243. The normalized spacial score (nSPS) is 10.5. The van der Waals surface area contributed by atoms with Crippen LogP contribution in [0.4, 0.5) is 21.5 Å². The summed E-state index contributed by atoms with van der Waals surface area (Å²) in [6.45, 7) is 4.44. The molecule has 112 valence electrons. The lowest BCUT2D eigenvalue weighted by molar-refractivity contribution is 0.301. The highest BCUT2D eigenvalue weighted by molar-refractivity contribution is 9.10. The van der Waals surface area contributed by atoms with Crippen molar-refractivity contribution in [1.29, 1.82) is 0 Å². The van der Waals surface area contributed by atoms with Gasteiger partial charge in [-0.15, -0.1) is 0 Å². The number of nitrogens with one attached hydrogen (secondary N) is 1. The van der Waals surface area contributed by atoms with E-state index in [9.17, 15) is 4.39 Å². The summed E-state index contributed by atoms with van der Waals surface area (Å²) in [6, 6.07) is 8.80. The average Bonchev–Trinajstić information content (AvgIpc) is 2.44. The maximum Gasteiger partial charge on any atom is 0.167 e. The standard InChI is InChI=1S/C16H18BrFN2O/c1-3-6-21-16-9-15(13(19)8-12(16)18)20-14-7-10(2)4-5-11(14)17/h4-5,7-9,20H,3,6,19H2,1-2H3. The van der Waals surface area contributed by atoms with Crippen molar-refractivity contribution < 1.29 is 9.13 Å².